The maximum Gasteiger partial charge on any atom is 0.263 e. The van der Waals surface area contributed by atoms with Crippen molar-refractivity contribution in [2.24, 2.45) is 5.73 Å². The van der Waals surface area contributed by atoms with Gasteiger partial charge in [0.15, 0.2) is 4.77 Å². The Morgan fingerprint density at radius 2 is 2.28 bits per heavy atom. The van der Waals surface area contributed by atoms with Crippen LogP contribution in [0.5, 0.6) is 0 Å². The van der Waals surface area contributed by atoms with E-state index in [0.717, 1.165) is 4.83 Å². The number of nitrogens with zero attached hydrogens (tertiary/aromatic N) is 1. The van der Waals surface area contributed by atoms with E-state index in [4.69, 9.17) is 18.0 Å². The van der Waals surface area contributed by atoms with Gasteiger partial charge in [-0.25, -0.2) is 0 Å². The number of rotatable bonds is 5. The maximum absolute atomic E-state index is 12.1. The van der Waals surface area contributed by atoms with Gasteiger partial charge in [-0.05, 0) is 36.5 Å². The molecule has 0 unspecified atom stereocenters. The second-order valence-corrected chi connectivity index (χ2v) is 5.28. The molecule has 5 nitrogen and oxygen atoms in total. The molecule has 96 valence electrons. The molecule has 2 aromatic heterocycles. The lowest BCUT2D eigenvalue weighted by Gasteiger charge is -2.05. The number of H-pyrrole nitrogens is 1. The zero-order valence-electron chi connectivity index (χ0n) is 9.64. The van der Waals surface area contributed by atoms with Crippen LogP contribution in [0.1, 0.15) is 19.3 Å². The Morgan fingerprint density at radius 3 is 3.00 bits per heavy atom. The summed E-state index contributed by atoms with van der Waals surface area (Å²) in [6, 6.07) is 1.79. The molecule has 7 heteroatoms. The van der Waals surface area contributed by atoms with E-state index < -0.39 is 0 Å². The van der Waals surface area contributed by atoms with Gasteiger partial charge in [-0.15, -0.1) is 11.3 Å². The largest absolute Gasteiger partial charge is 0.370 e. The molecule has 0 bridgehead atoms. The molecular weight excluding hydrogens is 270 g/mol. The number of primary amides is 1. The molecule has 2 heterocycles. The number of aromatic nitrogens is 2. The quantitative estimate of drug-likeness (QED) is 0.648. The first-order valence-electron chi connectivity index (χ1n) is 5.58. The summed E-state index contributed by atoms with van der Waals surface area (Å²) >= 11 is 6.62. The third-order valence-corrected chi connectivity index (χ3v) is 3.81. The summed E-state index contributed by atoms with van der Waals surface area (Å²) < 4.78 is 1.96. The minimum atomic E-state index is -0.319. The van der Waals surface area contributed by atoms with Gasteiger partial charge in [0.1, 0.15) is 4.83 Å². The van der Waals surface area contributed by atoms with Gasteiger partial charge in [-0.2, -0.15) is 0 Å². The van der Waals surface area contributed by atoms with E-state index in [1.165, 1.54) is 15.9 Å². The van der Waals surface area contributed by atoms with E-state index in [1.807, 2.05) is 5.38 Å². The fraction of sp³-hybridized carbons (Fsp3) is 0.364. The van der Waals surface area contributed by atoms with Gasteiger partial charge >= 0.3 is 0 Å². The molecule has 0 aliphatic heterocycles. The Hall–Kier alpha value is -1.47. The number of carbonyl (C=O) groups is 1. The molecule has 0 saturated carbocycles. The fourth-order valence-corrected chi connectivity index (χ4v) is 2.87. The Kier molecular flexibility index (Phi) is 3.93. The zero-order chi connectivity index (χ0) is 13.1. The van der Waals surface area contributed by atoms with Gasteiger partial charge in [-0.3, -0.25) is 14.2 Å². The molecule has 0 fully saturated rings. The van der Waals surface area contributed by atoms with Crippen LogP contribution in [-0.4, -0.2) is 15.5 Å². The average molecular weight is 283 g/mol. The average Bonchev–Trinajstić information content (AvgIpc) is 2.75. The molecule has 0 aromatic carbocycles. The number of unbranched alkanes of at least 4 members (excludes halogenated alkanes) is 1. The number of thiophene rings is 1. The molecule has 0 aliphatic carbocycles. The van der Waals surface area contributed by atoms with Crippen LogP contribution in [-0.2, 0) is 11.3 Å². The number of amides is 1. The number of carbonyl (C=O) groups excluding carboxylic acids is 1. The molecule has 3 N–H and O–H groups in total. The first kappa shape index (κ1) is 13.0. The van der Waals surface area contributed by atoms with Crippen LogP contribution in [0.15, 0.2) is 16.2 Å². The highest BCUT2D eigenvalue weighted by Gasteiger charge is 2.06. The predicted octanol–water partition coefficient (Wildman–Crippen LogP) is 1.78. The predicted molar refractivity (Wildman–Crippen MR) is 74.3 cm³/mol. The Balaban J connectivity index is 2.20. The van der Waals surface area contributed by atoms with Crippen molar-refractivity contribution >= 4 is 39.7 Å². The Bertz CT molecular complexity index is 683. The summed E-state index contributed by atoms with van der Waals surface area (Å²) in [6.45, 7) is 0.507. The second kappa shape index (κ2) is 5.45. The fourth-order valence-electron chi connectivity index (χ4n) is 1.75. The third kappa shape index (κ3) is 2.68. The van der Waals surface area contributed by atoms with Gasteiger partial charge in [0, 0.05) is 13.0 Å². The highest BCUT2D eigenvalue weighted by molar-refractivity contribution is 7.71. The lowest BCUT2D eigenvalue weighted by Crippen LogP contribution is -2.22. The van der Waals surface area contributed by atoms with Gasteiger partial charge in [0.25, 0.3) is 5.56 Å². The van der Waals surface area contributed by atoms with Crippen molar-refractivity contribution in [1.82, 2.24) is 9.55 Å². The lowest BCUT2D eigenvalue weighted by molar-refractivity contribution is -0.118. The first-order chi connectivity index (χ1) is 8.59. The van der Waals surface area contributed by atoms with Crippen molar-refractivity contribution in [1.29, 1.82) is 0 Å². The van der Waals surface area contributed by atoms with Crippen LogP contribution >= 0.6 is 23.6 Å². The molecule has 18 heavy (non-hydrogen) atoms. The van der Waals surface area contributed by atoms with Crippen LogP contribution in [0.25, 0.3) is 10.2 Å². The van der Waals surface area contributed by atoms with Crippen molar-refractivity contribution in [3.8, 4) is 0 Å². The molecule has 2 rings (SSSR count). The van der Waals surface area contributed by atoms with Gasteiger partial charge in [0.2, 0.25) is 5.91 Å². The van der Waals surface area contributed by atoms with E-state index in [2.05, 4.69) is 4.98 Å². The monoisotopic (exact) mass is 283 g/mol. The summed E-state index contributed by atoms with van der Waals surface area (Å²) in [4.78, 5) is 26.6. The number of fused-ring (bicyclic) bond motifs is 1. The van der Waals surface area contributed by atoms with E-state index in [1.54, 1.807) is 6.07 Å². The SMILES string of the molecule is NC(=O)CCCCn1c(=S)[nH]c2sccc2c1=O. The van der Waals surface area contributed by atoms with Crippen molar-refractivity contribution in [3.05, 3.63) is 26.6 Å². The maximum atomic E-state index is 12.1. The van der Waals surface area contributed by atoms with Crippen molar-refractivity contribution in [2.75, 3.05) is 0 Å². The highest BCUT2D eigenvalue weighted by Crippen LogP contribution is 2.14. The lowest BCUT2D eigenvalue weighted by atomic mass is 10.2. The van der Waals surface area contributed by atoms with Crippen LogP contribution in [0, 0.1) is 4.77 Å². The molecule has 2 aromatic rings. The molecule has 0 radical (unpaired) electrons. The molecule has 0 aliphatic rings. The number of hydrogen-bond acceptors (Lipinski definition) is 4. The number of nitrogens with two attached hydrogens (primary N) is 1. The molecule has 0 spiro atoms. The summed E-state index contributed by atoms with van der Waals surface area (Å²) in [5.41, 5.74) is 4.98. The minimum absolute atomic E-state index is 0.0749. The van der Waals surface area contributed by atoms with Crippen LogP contribution in [0.4, 0.5) is 0 Å². The smallest absolute Gasteiger partial charge is 0.263 e. The third-order valence-electron chi connectivity index (χ3n) is 2.66. The van der Waals surface area contributed by atoms with Gasteiger partial charge < -0.3 is 10.7 Å². The number of nitrogens with one attached hydrogen (secondary N) is 1. The molecule has 1 amide bonds. The summed E-state index contributed by atoms with van der Waals surface area (Å²) in [5.74, 6) is -0.319. The summed E-state index contributed by atoms with van der Waals surface area (Å²) in [7, 11) is 0. The highest BCUT2D eigenvalue weighted by atomic mass is 32.1. The van der Waals surface area contributed by atoms with Gasteiger partial charge in [0.05, 0.1) is 5.39 Å². The number of hydrogen-bond donors (Lipinski definition) is 2. The molecule has 0 atom stereocenters. The minimum Gasteiger partial charge on any atom is -0.370 e. The van der Waals surface area contributed by atoms with E-state index in [0.29, 0.717) is 36.0 Å². The van der Waals surface area contributed by atoms with E-state index >= 15 is 0 Å². The van der Waals surface area contributed by atoms with E-state index in [9.17, 15) is 9.59 Å². The summed E-state index contributed by atoms with van der Waals surface area (Å²) in [6.07, 6.45) is 1.71. The van der Waals surface area contributed by atoms with Crippen LogP contribution < -0.4 is 11.3 Å². The van der Waals surface area contributed by atoms with Crippen LogP contribution in [0.2, 0.25) is 0 Å². The van der Waals surface area contributed by atoms with Crippen LogP contribution in [0.3, 0.4) is 0 Å². The second-order valence-electron chi connectivity index (χ2n) is 3.97. The molecule has 0 saturated heterocycles. The van der Waals surface area contributed by atoms with Crippen molar-refractivity contribution in [3.63, 3.8) is 0 Å². The standard InChI is InChI=1S/C11H13N3O2S2/c12-8(15)3-1-2-5-14-10(16)7-4-6-18-9(7)13-11(14)17/h4,6H,1-3,5H2,(H2,12,15)(H,13,17). The summed E-state index contributed by atoms with van der Waals surface area (Å²) in [5, 5.41) is 2.51. The van der Waals surface area contributed by atoms with E-state index in [-0.39, 0.29) is 11.5 Å². The Labute approximate surface area is 112 Å². The normalized spacial score (nSPS) is 10.9. The van der Waals surface area contributed by atoms with Crippen molar-refractivity contribution < 1.29 is 4.79 Å². The van der Waals surface area contributed by atoms with Crippen molar-refractivity contribution in [2.45, 2.75) is 25.8 Å². The zero-order valence-corrected chi connectivity index (χ0v) is 11.3. The topological polar surface area (TPSA) is 80.9 Å². The first-order valence-corrected chi connectivity index (χ1v) is 6.87. The van der Waals surface area contributed by atoms with Gasteiger partial charge in [-0.1, -0.05) is 0 Å². The number of aromatic amines is 1. The Morgan fingerprint density at radius 1 is 1.50 bits per heavy atom. The molecular formula is C11H13N3O2S2.